The minimum absolute atomic E-state index is 0.0509. The summed E-state index contributed by atoms with van der Waals surface area (Å²) in [7, 11) is 0. The molecule has 0 amide bonds. The van der Waals surface area contributed by atoms with Gasteiger partial charge in [-0.05, 0) is 51.8 Å². The number of halogens is 2. The average Bonchev–Trinajstić information content (AvgIpc) is 2.75. The molecule has 0 fully saturated rings. The molecule has 0 saturated carbocycles. The molecule has 1 aromatic heterocycles. The van der Waals surface area contributed by atoms with E-state index < -0.39 is 0 Å². The first-order valence-corrected chi connectivity index (χ1v) is 6.49. The van der Waals surface area contributed by atoms with Crippen LogP contribution >= 0.6 is 27.3 Å². The number of thiophene rings is 1. The normalized spacial score (nSPS) is 10.9. The molecular formula is C13H8BrFOS. The van der Waals surface area contributed by atoms with Crippen molar-refractivity contribution in [2.45, 2.75) is 0 Å². The Morgan fingerprint density at radius 1 is 1.18 bits per heavy atom. The zero-order chi connectivity index (χ0) is 12.3. The maximum Gasteiger partial charge on any atom is 0.195 e. The molecule has 0 aliphatic heterocycles. The molecule has 0 bridgehead atoms. The molecule has 0 aliphatic carbocycles. The fraction of sp³-hybridized carbons (Fsp3) is 0. The van der Waals surface area contributed by atoms with E-state index in [4.69, 9.17) is 0 Å². The van der Waals surface area contributed by atoms with E-state index in [9.17, 15) is 9.18 Å². The standard InChI is InChI=1S/C13H8BrFOS/c14-13-8-7-12(17-13)11(16)6-3-9-1-4-10(15)5-2-9/h1-8H. The summed E-state index contributed by atoms with van der Waals surface area (Å²) in [4.78, 5) is 12.4. The summed E-state index contributed by atoms with van der Waals surface area (Å²) in [6, 6.07) is 9.60. The van der Waals surface area contributed by atoms with Crippen molar-refractivity contribution >= 4 is 39.1 Å². The number of ketones is 1. The van der Waals surface area contributed by atoms with Crippen molar-refractivity contribution in [2.75, 3.05) is 0 Å². The zero-order valence-electron chi connectivity index (χ0n) is 8.69. The second kappa shape index (κ2) is 5.38. The van der Waals surface area contributed by atoms with Crippen LogP contribution in [0.25, 0.3) is 6.08 Å². The summed E-state index contributed by atoms with van der Waals surface area (Å²) in [5.41, 5.74) is 0.801. The Hall–Kier alpha value is -1.26. The third-order valence-corrected chi connectivity index (χ3v) is 3.75. The van der Waals surface area contributed by atoms with Crippen molar-refractivity contribution < 1.29 is 9.18 Å². The molecule has 1 aromatic carbocycles. The fourth-order valence-electron chi connectivity index (χ4n) is 1.27. The number of benzene rings is 1. The van der Waals surface area contributed by atoms with Gasteiger partial charge in [0, 0.05) is 0 Å². The monoisotopic (exact) mass is 310 g/mol. The number of carbonyl (C=O) groups excluding carboxylic acids is 1. The van der Waals surface area contributed by atoms with E-state index in [0.29, 0.717) is 4.88 Å². The minimum Gasteiger partial charge on any atom is -0.288 e. The Bertz CT molecular complexity index is 557. The van der Waals surface area contributed by atoms with Crippen LogP contribution in [-0.4, -0.2) is 5.78 Å². The topological polar surface area (TPSA) is 17.1 Å². The summed E-state index contributed by atoms with van der Waals surface area (Å²) < 4.78 is 13.6. The lowest BCUT2D eigenvalue weighted by Crippen LogP contribution is -1.88. The molecule has 2 rings (SSSR count). The molecule has 0 spiro atoms. The highest BCUT2D eigenvalue weighted by Gasteiger charge is 2.04. The Labute approximate surface area is 111 Å². The quantitative estimate of drug-likeness (QED) is 0.600. The van der Waals surface area contributed by atoms with Gasteiger partial charge in [0.15, 0.2) is 5.78 Å². The average molecular weight is 311 g/mol. The van der Waals surface area contributed by atoms with Crippen LogP contribution in [-0.2, 0) is 0 Å². The lowest BCUT2D eigenvalue weighted by Gasteiger charge is -1.92. The molecule has 0 radical (unpaired) electrons. The highest BCUT2D eigenvalue weighted by atomic mass is 79.9. The van der Waals surface area contributed by atoms with Crippen LogP contribution in [0.3, 0.4) is 0 Å². The number of hydrogen-bond acceptors (Lipinski definition) is 2. The van der Waals surface area contributed by atoms with E-state index in [2.05, 4.69) is 15.9 Å². The highest BCUT2D eigenvalue weighted by Crippen LogP contribution is 2.22. The van der Waals surface area contributed by atoms with Gasteiger partial charge in [-0.15, -0.1) is 11.3 Å². The molecule has 1 nitrogen and oxygen atoms in total. The van der Waals surface area contributed by atoms with E-state index in [1.54, 1.807) is 24.3 Å². The molecule has 0 unspecified atom stereocenters. The number of carbonyl (C=O) groups is 1. The second-order valence-electron chi connectivity index (χ2n) is 3.35. The van der Waals surface area contributed by atoms with Gasteiger partial charge in [0.25, 0.3) is 0 Å². The smallest absolute Gasteiger partial charge is 0.195 e. The predicted octanol–water partition coefficient (Wildman–Crippen LogP) is 4.55. The van der Waals surface area contributed by atoms with E-state index in [1.165, 1.54) is 29.5 Å². The summed E-state index contributed by atoms with van der Waals surface area (Å²) in [5.74, 6) is -0.333. The number of allylic oxidation sites excluding steroid dienone is 1. The van der Waals surface area contributed by atoms with Crippen LogP contribution in [0.4, 0.5) is 4.39 Å². The Morgan fingerprint density at radius 2 is 1.88 bits per heavy atom. The van der Waals surface area contributed by atoms with Crippen molar-refractivity contribution in [3.05, 3.63) is 62.5 Å². The minimum atomic E-state index is -0.282. The summed E-state index contributed by atoms with van der Waals surface area (Å²) in [6.45, 7) is 0. The van der Waals surface area contributed by atoms with Gasteiger partial charge in [0.2, 0.25) is 0 Å². The van der Waals surface area contributed by atoms with Crippen LogP contribution in [0.5, 0.6) is 0 Å². The van der Waals surface area contributed by atoms with Crippen molar-refractivity contribution in [3.63, 3.8) is 0 Å². The van der Waals surface area contributed by atoms with Crippen LogP contribution in [0.1, 0.15) is 15.2 Å². The van der Waals surface area contributed by atoms with E-state index in [0.717, 1.165) is 9.35 Å². The van der Waals surface area contributed by atoms with Gasteiger partial charge >= 0.3 is 0 Å². The maximum atomic E-state index is 12.7. The van der Waals surface area contributed by atoms with Gasteiger partial charge in [0.05, 0.1) is 8.66 Å². The van der Waals surface area contributed by atoms with Gasteiger partial charge in [-0.25, -0.2) is 4.39 Å². The van der Waals surface area contributed by atoms with Crippen LogP contribution < -0.4 is 0 Å². The lowest BCUT2D eigenvalue weighted by atomic mass is 10.2. The van der Waals surface area contributed by atoms with E-state index in [-0.39, 0.29) is 11.6 Å². The number of hydrogen-bond donors (Lipinski definition) is 0. The largest absolute Gasteiger partial charge is 0.288 e. The van der Waals surface area contributed by atoms with Gasteiger partial charge in [-0.1, -0.05) is 18.2 Å². The van der Waals surface area contributed by atoms with E-state index in [1.807, 2.05) is 6.07 Å². The Morgan fingerprint density at radius 3 is 2.47 bits per heavy atom. The molecule has 0 aliphatic rings. The molecule has 86 valence electrons. The lowest BCUT2D eigenvalue weighted by molar-refractivity contribution is 0.105. The molecule has 0 saturated heterocycles. The van der Waals surface area contributed by atoms with Crippen molar-refractivity contribution in [2.24, 2.45) is 0 Å². The first-order valence-electron chi connectivity index (χ1n) is 4.88. The first-order chi connectivity index (χ1) is 8.15. The molecule has 17 heavy (non-hydrogen) atoms. The molecular weight excluding hydrogens is 303 g/mol. The highest BCUT2D eigenvalue weighted by molar-refractivity contribution is 9.11. The van der Waals surface area contributed by atoms with E-state index >= 15 is 0 Å². The van der Waals surface area contributed by atoms with Crippen molar-refractivity contribution in [1.29, 1.82) is 0 Å². The molecule has 1 heterocycles. The van der Waals surface area contributed by atoms with Gasteiger partial charge in [0.1, 0.15) is 5.82 Å². The maximum absolute atomic E-state index is 12.7. The molecule has 2 aromatic rings. The number of rotatable bonds is 3. The summed E-state index contributed by atoms with van der Waals surface area (Å²) in [5, 5.41) is 0. The van der Waals surface area contributed by atoms with Crippen molar-refractivity contribution in [1.82, 2.24) is 0 Å². The zero-order valence-corrected chi connectivity index (χ0v) is 11.1. The van der Waals surface area contributed by atoms with Crippen molar-refractivity contribution in [3.8, 4) is 0 Å². The summed E-state index contributed by atoms with van der Waals surface area (Å²) in [6.07, 6.45) is 3.17. The third-order valence-electron chi connectivity index (χ3n) is 2.11. The Balaban J connectivity index is 2.10. The Kier molecular flexibility index (Phi) is 3.86. The SMILES string of the molecule is O=C(C=Cc1ccc(F)cc1)c1ccc(Br)s1. The summed E-state index contributed by atoms with van der Waals surface area (Å²) >= 11 is 4.69. The molecule has 4 heteroatoms. The molecule has 0 N–H and O–H groups in total. The second-order valence-corrected chi connectivity index (χ2v) is 5.82. The molecule has 0 atom stereocenters. The predicted molar refractivity (Wildman–Crippen MR) is 71.8 cm³/mol. The van der Waals surface area contributed by atoms with Crippen LogP contribution in [0.15, 0.2) is 46.3 Å². The van der Waals surface area contributed by atoms with Gasteiger partial charge in [-0.2, -0.15) is 0 Å². The third kappa shape index (κ3) is 3.35. The van der Waals surface area contributed by atoms with Gasteiger partial charge in [-0.3, -0.25) is 4.79 Å². The fourth-order valence-corrected chi connectivity index (χ4v) is 2.58. The van der Waals surface area contributed by atoms with Gasteiger partial charge < -0.3 is 0 Å². The first kappa shape index (κ1) is 12.2. The van der Waals surface area contributed by atoms with Crippen LogP contribution in [0.2, 0.25) is 0 Å². The van der Waals surface area contributed by atoms with Crippen LogP contribution in [0, 0.1) is 5.82 Å².